The van der Waals surface area contributed by atoms with Crippen LogP contribution < -0.4 is 0 Å². The van der Waals surface area contributed by atoms with Crippen molar-refractivity contribution in [3.63, 3.8) is 0 Å². The van der Waals surface area contributed by atoms with Crippen LogP contribution in [-0.4, -0.2) is 34.0 Å². The summed E-state index contributed by atoms with van der Waals surface area (Å²) in [5.41, 5.74) is 5.51. The minimum absolute atomic E-state index is 0.727. The van der Waals surface area contributed by atoms with Crippen LogP contribution in [-0.2, 0) is 6.42 Å². The molecule has 1 aliphatic heterocycles. The number of rotatable bonds is 5. The summed E-state index contributed by atoms with van der Waals surface area (Å²) >= 11 is 7.71. The van der Waals surface area contributed by atoms with E-state index in [4.69, 9.17) is 21.6 Å². The predicted molar refractivity (Wildman–Crippen MR) is 132 cm³/mol. The van der Waals surface area contributed by atoms with Gasteiger partial charge in [-0.25, -0.2) is 9.97 Å². The van der Waals surface area contributed by atoms with E-state index in [1.54, 1.807) is 11.3 Å². The molecule has 0 radical (unpaired) electrons. The summed E-state index contributed by atoms with van der Waals surface area (Å²) in [7, 11) is 0. The molecule has 0 N–H and O–H groups in total. The van der Waals surface area contributed by atoms with E-state index in [0.717, 1.165) is 56.4 Å². The molecule has 0 saturated carbocycles. The molecule has 0 amide bonds. The standard InChI is InChI=1S/C26H26ClN3S/c1-17-4-3-14-30(17)15-13-19-5-11-23-21(16-19)8-12-24(29-23)25-18(2)28-26(31-25)20-6-9-22(27)10-7-20/h5-12,16-17H,3-4,13-15H2,1-2H3/t17-/m1/s1. The van der Waals surface area contributed by atoms with Crippen LogP contribution >= 0.6 is 22.9 Å². The lowest BCUT2D eigenvalue weighted by atomic mass is 10.1. The minimum Gasteiger partial charge on any atom is -0.300 e. The van der Waals surface area contributed by atoms with Crippen molar-refractivity contribution in [2.24, 2.45) is 0 Å². The second kappa shape index (κ2) is 8.70. The van der Waals surface area contributed by atoms with Crippen molar-refractivity contribution in [3.8, 4) is 21.1 Å². The quantitative estimate of drug-likeness (QED) is 0.329. The summed E-state index contributed by atoms with van der Waals surface area (Å²) < 4.78 is 0. The molecule has 0 aliphatic carbocycles. The number of aromatic nitrogens is 2. The fraction of sp³-hybridized carbons (Fsp3) is 0.308. The molecule has 1 saturated heterocycles. The molecule has 0 bridgehead atoms. The van der Waals surface area contributed by atoms with E-state index in [1.165, 1.54) is 30.3 Å². The molecule has 1 atom stereocenters. The summed E-state index contributed by atoms with van der Waals surface area (Å²) in [5.74, 6) is 0. The van der Waals surface area contributed by atoms with Gasteiger partial charge in [-0.2, -0.15) is 0 Å². The van der Waals surface area contributed by atoms with Crippen molar-refractivity contribution in [1.82, 2.24) is 14.9 Å². The zero-order valence-corrected chi connectivity index (χ0v) is 19.5. The van der Waals surface area contributed by atoms with Crippen LogP contribution in [0.3, 0.4) is 0 Å². The lowest BCUT2D eigenvalue weighted by molar-refractivity contribution is 0.272. The maximum Gasteiger partial charge on any atom is 0.124 e. The summed E-state index contributed by atoms with van der Waals surface area (Å²) in [5, 5.41) is 2.94. The smallest absolute Gasteiger partial charge is 0.124 e. The van der Waals surface area contributed by atoms with Crippen molar-refractivity contribution in [1.29, 1.82) is 0 Å². The second-order valence-corrected chi connectivity index (χ2v) is 9.88. The lowest BCUT2D eigenvalue weighted by Gasteiger charge is -2.20. The number of nitrogens with zero attached hydrogens (tertiary/aromatic N) is 3. The first-order valence-corrected chi connectivity index (χ1v) is 12.1. The molecule has 5 rings (SSSR count). The van der Waals surface area contributed by atoms with Crippen molar-refractivity contribution in [3.05, 3.63) is 70.9 Å². The van der Waals surface area contributed by atoms with Crippen molar-refractivity contribution in [2.75, 3.05) is 13.1 Å². The number of hydrogen-bond acceptors (Lipinski definition) is 4. The van der Waals surface area contributed by atoms with Gasteiger partial charge in [0.05, 0.1) is 21.8 Å². The average molecular weight is 448 g/mol. The van der Waals surface area contributed by atoms with E-state index in [9.17, 15) is 0 Å². The Morgan fingerprint density at radius 3 is 2.68 bits per heavy atom. The van der Waals surface area contributed by atoms with Gasteiger partial charge in [0, 0.05) is 28.6 Å². The summed E-state index contributed by atoms with van der Waals surface area (Å²) in [4.78, 5) is 13.5. The third-order valence-electron chi connectivity index (χ3n) is 6.25. The van der Waals surface area contributed by atoms with E-state index in [2.05, 4.69) is 49.1 Å². The van der Waals surface area contributed by atoms with E-state index < -0.39 is 0 Å². The number of fused-ring (bicyclic) bond motifs is 1. The summed E-state index contributed by atoms with van der Waals surface area (Å²) in [6.07, 6.45) is 3.77. The number of halogens is 1. The zero-order chi connectivity index (χ0) is 21.4. The number of benzene rings is 2. The van der Waals surface area contributed by atoms with Gasteiger partial charge in [-0.05, 0) is 75.5 Å². The average Bonchev–Trinajstić information content (AvgIpc) is 3.37. The van der Waals surface area contributed by atoms with Gasteiger partial charge < -0.3 is 4.90 Å². The Kier molecular flexibility index (Phi) is 5.79. The number of pyridine rings is 1. The highest BCUT2D eigenvalue weighted by Gasteiger charge is 2.19. The third-order valence-corrected chi connectivity index (χ3v) is 7.73. The first-order valence-electron chi connectivity index (χ1n) is 10.9. The molecule has 158 valence electrons. The summed E-state index contributed by atoms with van der Waals surface area (Å²) in [6.45, 7) is 6.79. The van der Waals surface area contributed by atoms with Gasteiger partial charge in [-0.3, -0.25) is 0 Å². The van der Waals surface area contributed by atoms with Crippen molar-refractivity contribution < 1.29 is 0 Å². The highest BCUT2D eigenvalue weighted by atomic mass is 35.5. The molecule has 1 fully saturated rings. The molecule has 2 aromatic carbocycles. The second-order valence-electron chi connectivity index (χ2n) is 8.44. The van der Waals surface area contributed by atoms with Crippen molar-refractivity contribution >= 4 is 33.8 Å². The highest BCUT2D eigenvalue weighted by molar-refractivity contribution is 7.18. The normalized spacial score (nSPS) is 16.9. The van der Waals surface area contributed by atoms with Gasteiger partial charge in [0.1, 0.15) is 5.01 Å². The van der Waals surface area contributed by atoms with Crippen LogP contribution in [0.5, 0.6) is 0 Å². The molecule has 3 heterocycles. The Balaban J connectivity index is 1.38. The molecule has 2 aromatic heterocycles. The largest absolute Gasteiger partial charge is 0.300 e. The highest BCUT2D eigenvalue weighted by Crippen LogP contribution is 2.35. The van der Waals surface area contributed by atoms with Gasteiger partial charge >= 0.3 is 0 Å². The first-order chi connectivity index (χ1) is 15.1. The Bertz CT molecular complexity index is 1220. The third kappa shape index (κ3) is 4.38. The number of thiazole rings is 1. The fourth-order valence-electron chi connectivity index (χ4n) is 4.40. The minimum atomic E-state index is 0.727. The van der Waals surface area contributed by atoms with Gasteiger partial charge in [-0.15, -0.1) is 11.3 Å². The topological polar surface area (TPSA) is 29.0 Å². The Labute approximate surface area is 192 Å². The van der Waals surface area contributed by atoms with Gasteiger partial charge in [-0.1, -0.05) is 35.9 Å². The molecule has 3 nitrogen and oxygen atoms in total. The van der Waals surface area contributed by atoms with Crippen molar-refractivity contribution in [2.45, 2.75) is 39.2 Å². The summed E-state index contributed by atoms with van der Waals surface area (Å²) in [6, 6.07) is 19.6. The van der Waals surface area contributed by atoms with E-state index in [0.29, 0.717) is 0 Å². The molecule has 4 aromatic rings. The van der Waals surface area contributed by atoms with E-state index in [1.807, 2.05) is 24.3 Å². The van der Waals surface area contributed by atoms with Crippen LogP contribution in [0.15, 0.2) is 54.6 Å². The molecule has 1 aliphatic rings. The molecular formula is C26H26ClN3S. The van der Waals surface area contributed by atoms with Crippen LogP contribution in [0.4, 0.5) is 0 Å². The number of aryl methyl sites for hydroxylation is 1. The maximum absolute atomic E-state index is 6.03. The Morgan fingerprint density at radius 1 is 1.06 bits per heavy atom. The van der Waals surface area contributed by atoms with Crippen LogP contribution in [0.1, 0.15) is 31.0 Å². The number of hydrogen-bond donors (Lipinski definition) is 0. The van der Waals surface area contributed by atoms with Gasteiger partial charge in [0.25, 0.3) is 0 Å². The van der Waals surface area contributed by atoms with E-state index >= 15 is 0 Å². The van der Waals surface area contributed by atoms with Gasteiger partial charge in [0.15, 0.2) is 0 Å². The molecular weight excluding hydrogens is 422 g/mol. The molecule has 5 heteroatoms. The zero-order valence-electron chi connectivity index (χ0n) is 17.9. The Hall–Kier alpha value is -2.27. The monoisotopic (exact) mass is 447 g/mol. The van der Waals surface area contributed by atoms with Crippen LogP contribution in [0, 0.1) is 6.92 Å². The lowest BCUT2D eigenvalue weighted by Crippen LogP contribution is -2.28. The predicted octanol–water partition coefficient (Wildman–Crippen LogP) is 7.01. The maximum atomic E-state index is 6.03. The van der Waals surface area contributed by atoms with Crippen LogP contribution in [0.2, 0.25) is 5.02 Å². The van der Waals surface area contributed by atoms with E-state index in [-0.39, 0.29) is 0 Å². The molecule has 31 heavy (non-hydrogen) atoms. The number of likely N-dealkylation sites (tertiary alicyclic amines) is 1. The first kappa shape index (κ1) is 20.6. The molecule has 0 spiro atoms. The fourth-order valence-corrected chi connectivity index (χ4v) is 5.57. The van der Waals surface area contributed by atoms with Gasteiger partial charge in [0.2, 0.25) is 0 Å². The van der Waals surface area contributed by atoms with Crippen LogP contribution in [0.25, 0.3) is 32.0 Å². The SMILES string of the molecule is Cc1nc(-c2ccc(Cl)cc2)sc1-c1ccc2cc(CCN3CCC[C@H]3C)ccc2n1. The Morgan fingerprint density at radius 2 is 1.90 bits per heavy atom. The molecule has 0 unspecified atom stereocenters.